The van der Waals surface area contributed by atoms with Crippen LogP contribution in [0.15, 0.2) is 16.2 Å². The molecule has 0 saturated heterocycles. The lowest BCUT2D eigenvalue weighted by Gasteiger charge is -1.97. The van der Waals surface area contributed by atoms with Gasteiger partial charge in [0.05, 0.1) is 12.1 Å². The second kappa shape index (κ2) is 3.27. The molecule has 2 aromatic rings. The highest BCUT2D eigenvalue weighted by molar-refractivity contribution is 7.17. The van der Waals surface area contributed by atoms with E-state index in [2.05, 4.69) is 15.3 Å². The molecule has 2 aromatic heterocycles. The van der Waals surface area contributed by atoms with Gasteiger partial charge in [0.15, 0.2) is 0 Å². The smallest absolute Gasteiger partial charge is 0.268 e. The number of fused-ring (bicyclic) bond motifs is 1. The molecule has 5 heteroatoms. The van der Waals surface area contributed by atoms with Crippen molar-refractivity contribution in [2.24, 2.45) is 0 Å². The highest BCUT2D eigenvalue weighted by Crippen LogP contribution is 2.13. The van der Waals surface area contributed by atoms with Crippen molar-refractivity contribution >= 4 is 21.6 Å². The molecule has 4 nitrogen and oxygen atoms in total. The molecule has 2 N–H and O–H groups in total. The molecular weight excluding hydrogens is 186 g/mol. The van der Waals surface area contributed by atoms with Gasteiger partial charge in [0.25, 0.3) is 5.56 Å². The number of hydrogen-bond donors (Lipinski definition) is 2. The van der Waals surface area contributed by atoms with Crippen LogP contribution in [0.25, 0.3) is 10.2 Å². The second-order valence-corrected chi connectivity index (χ2v) is 3.59. The zero-order valence-corrected chi connectivity index (χ0v) is 7.94. The number of nitrogens with one attached hydrogen (secondary N) is 2. The average Bonchev–Trinajstić information content (AvgIpc) is 2.53. The molecule has 0 amide bonds. The lowest BCUT2D eigenvalue weighted by atomic mass is 10.4. The van der Waals surface area contributed by atoms with Crippen LogP contribution in [0, 0.1) is 0 Å². The Kier molecular flexibility index (Phi) is 2.12. The van der Waals surface area contributed by atoms with E-state index in [1.54, 1.807) is 0 Å². The van der Waals surface area contributed by atoms with Gasteiger partial charge in [-0.2, -0.15) is 0 Å². The number of thiophene rings is 1. The molecule has 0 radical (unpaired) electrons. The first kappa shape index (κ1) is 8.40. The summed E-state index contributed by atoms with van der Waals surface area (Å²) >= 11 is 1.41. The van der Waals surface area contributed by atoms with Gasteiger partial charge in [-0.25, -0.2) is 4.98 Å². The first-order valence-corrected chi connectivity index (χ1v) is 4.80. The number of aromatic nitrogens is 2. The molecule has 13 heavy (non-hydrogen) atoms. The highest BCUT2D eigenvalue weighted by Gasteiger charge is 2.03. The fourth-order valence-corrected chi connectivity index (χ4v) is 1.90. The largest absolute Gasteiger partial charge is 0.313 e. The predicted octanol–water partition coefficient (Wildman–Crippen LogP) is 0.704. The minimum absolute atomic E-state index is 0.0507. The number of aromatic amines is 1. The Bertz CT molecular complexity index is 473. The van der Waals surface area contributed by atoms with Gasteiger partial charge in [-0.1, -0.05) is 0 Å². The summed E-state index contributed by atoms with van der Waals surface area (Å²) in [7, 11) is 1.82. The van der Waals surface area contributed by atoms with Gasteiger partial charge in [-0.3, -0.25) is 4.79 Å². The molecule has 0 unspecified atom stereocenters. The predicted molar refractivity (Wildman–Crippen MR) is 53.0 cm³/mol. The van der Waals surface area contributed by atoms with Crippen LogP contribution in [-0.2, 0) is 6.54 Å². The van der Waals surface area contributed by atoms with Crippen molar-refractivity contribution in [2.75, 3.05) is 7.05 Å². The first-order chi connectivity index (χ1) is 6.31. The van der Waals surface area contributed by atoms with Crippen molar-refractivity contribution in [1.82, 2.24) is 15.3 Å². The molecule has 68 valence electrons. The van der Waals surface area contributed by atoms with E-state index in [1.165, 1.54) is 11.3 Å². The zero-order valence-electron chi connectivity index (χ0n) is 7.13. The van der Waals surface area contributed by atoms with E-state index in [1.807, 2.05) is 18.5 Å². The fraction of sp³-hybridized carbons (Fsp3) is 0.250. The molecule has 0 bridgehead atoms. The summed E-state index contributed by atoms with van der Waals surface area (Å²) in [5.41, 5.74) is 0.726. The van der Waals surface area contributed by atoms with Crippen LogP contribution in [0.5, 0.6) is 0 Å². The molecule has 0 aliphatic rings. The number of rotatable bonds is 2. The van der Waals surface area contributed by atoms with Crippen molar-refractivity contribution in [2.45, 2.75) is 6.54 Å². The van der Waals surface area contributed by atoms with Crippen molar-refractivity contribution in [3.05, 3.63) is 27.6 Å². The topological polar surface area (TPSA) is 57.8 Å². The quantitative estimate of drug-likeness (QED) is 0.741. The fourth-order valence-electron chi connectivity index (χ4n) is 1.17. The molecule has 2 heterocycles. The third-order valence-corrected chi connectivity index (χ3v) is 2.61. The Hall–Kier alpha value is -1.20. The van der Waals surface area contributed by atoms with Gasteiger partial charge in [-0.15, -0.1) is 11.3 Å². The maximum Gasteiger partial charge on any atom is 0.268 e. The first-order valence-electron chi connectivity index (χ1n) is 3.92. The zero-order chi connectivity index (χ0) is 9.26. The monoisotopic (exact) mass is 195 g/mol. The second-order valence-electron chi connectivity index (χ2n) is 2.68. The summed E-state index contributed by atoms with van der Waals surface area (Å²) in [6.45, 7) is 0.584. The SMILES string of the molecule is CNCc1nc2ccsc2c(=O)[nH]1. The summed E-state index contributed by atoms with van der Waals surface area (Å²) in [4.78, 5) is 18.4. The van der Waals surface area contributed by atoms with Crippen molar-refractivity contribution in [1.29, 1.82) is 0 Å². The molecular formula is C8H9N3OS. The standard InChI is InChI=1S/C8H9N3OS/c1-9-4-6-10-5-2-3-13-7(5)8(12)11-6/h2-3,9H,4H2,1H3,(H,10,11,12). The lowest BCUT2D eigenvalue weighted by Crippen LogP contribution is -2.15. The highest BCUT2D eigenvalue weighted by atomic mass is 32.1. The maximum atomic E-state index is 11.4. The summed E-state index contributed by atoms with van der Waals surface area (Å²) in [6.07, 6.45) is 0. The van der Waals surface area contributed by atoms with E-state index in [4.69, 9.17) is 0 Å². The Morgan fingerprint density at radius 2 is 2.54 bits per heavy atom. The van der Waals surface area contributed by atoms with Crippen molar-refractivity contribution < 1.29 is 0 Å². The van der Waals surface area contributed by atoms with Crippen LogP contribution < -0.4 is 10.9 Å². The number of hydrogen-bond acceptors (Lipinski definition) is 4. The summed E-state index contributed by atoms with van der Waals surface area (Å²) in [5, 5.41) is 4.81. The normalized spacial score (nSPS) is 10.8. The van der Waals surface area contributed by atoms with Gasteiger partial charge in [0, 0.05) is 0 Å². The van der Waals surface area contributed by atoms with E-state index in [9.17, 15) is 4.79 Å². The van der Waals surface area contributed by atoms with E-state index in [0.29, 0.717) is 17.1 Å². The molecule has 0 aliphatic carbocycles. The molecule has 0 aliphatic heterocycles. The van der Waals surface area contributed by atoms with Crippen molar-refractivity contribution in [3.8, 4) is 0 Å². The van der Waals surface area contributed by atoms with Crippen molar-refractivity contribution in [3.63, 3.8) is 0 Å². The minimum Gasteiger partial charge on any atom is -0.313 e. The Morgan fingerprint density at radius 1 is 1.69 bits per heavy atom. The van der Waals surface area contributed by atoms with E-state index in [0.717, 1.165) is 5.52 Å². The molecule has 2 rings (SSSR count). The van der Waals surface area contributed by atoms with Crippen LogP contribution >= 0.6 is 11.3 Å². The van der Waals surface area contributed by atoms with Gasteiger partial charge >= 0.3 is 0 Å². The van der Waals surface area contributed by atoms with E-state index < -0.39 is 0 Å². The van der Waals surface area contributed by atoms with Crippen LogP contribution in [0.1, 0.15) is 5.82 Å². The number of nitrogens with zero attached hydrogens (tertiary/aromatic N) is 1. The van der Waals surface area contributed by atoms with Gasteiger partial charge in [0.2, 0.25) is 0 Å². The number of H-pyrrole nitrogens is 1. The Balaban J connectivity index is 2.63. The van der Waals surface area contributed by atoms with Gasteiger partial charge in [0.1, 0.15) is 10.5 Å². The van der Waals surface area contributed by atoms with Crippen LogP contribution in [0.4, 0.5) is 0 Å². The van der Waals surface area contributed by atoms with Gasteiger partial charge < -0.3 is 10.3 Å². The van der Waals surface area contributed by atoms with Gasteiger partial charge in [-0.05, 0) is 18.5 Å². The molecule has 0 saturated carbocycles. The Morgan fingerprint density at radius 3 is 3.31 bits per heavy atom. The maximum absolute atomic E-state index is 11.4. The van der Waals surface area contributed by atoms with Crippen LogP contribution in [0.2, 0.25) is 0 Å². The summed E-state index contributed by atoms with van der Waals surface area (Å²) in [5.74, 6) is 0.679. The Labute approximate surface area is 78.6 Å². The lowest BCUT2D eigenvalue weighted by molar-refractivity contribution is 0.760. The summed E-state index contributed by atoms with van der Waals surface area (Å²) < 4.78 is 0.694. The molecule has 0 aromatic carbocycles. The van der Waals surface area contributed by atoms with E-state index in [-0.39, 0.29) is 5.56 Å². The third kappa shape index (κ3) is 1.48. The molecule has 0 spiro atoms. The average molecular weight is 195 g/mol. The summed E-state index contributed by atoms with van der Waals surface area (Å²) in [6, 6.07) is 1.86. The molecule has 0 atom stereocenters. The van der Waals surface area contributed by atoms with Crippen LogP contribution in [-0.4, -0.2) is 17.0 Å². The minimum atomic E-state index is -0.0507. The third-order valence-electron chi connectivity index (χ3n) is 1.71. The van der Waals surface area contributed by atoms with E-state index >= 15 is 0 Å². The molecule has 0 fully saturated rings. The van der Waals surface area contributed by atoms with Crippen LogP contribution in [0.3, 0.4) is 0 Å².